The van der Waals surface area contributed by atoms with Crippen LogP contribution in [-0.4, -0.2) is 25.7 Å². The quantitative estimate of drug-likeness (QED) is 0.609. The first-order valence-corrected chi connectivity index (χ1v) is 4.15. The highest BCUT2D eigenvalue weighted by atomic mass is 16.5. The van der Waals surface area contributed by atoms with E-state index in [2.05, 4.69) is 4.74 Å². The summed E-state index contributed by atoms with van der Waals surface area (Å²) in [5, 5.41) is 0. The fourth-order valence-corrected chi connectivity index (χ4v) is 1.13. The highest BCUT2D eigenvalue weighted by Crippen LogP contribution is 2.14. The second-order valence-corrected chi connectivity index (χ2v) is 2.80. The zero-order valence-electron chi connectivity index (χ0n) is 7.54. The third-order valence-corrected chi connectivity index (χ3v) is 1.87. The summed E-state index contributed by atoms with van der Waals surface area (Å²) in [6, 6.07) is 0. The average molecular weight is 184 g/mol. The molecule has 0 saturated carbocycles. The molecule has 1 heterocycles. The first kappa shape index (κ1) is 9.77. The highest BCUT2D eigenvalue weighted by molar-refractivity contribution is 5.83. The van der Waals surface area contributed by atoms with Gasteiger partial charge in [0.05, 0.1) is 13.7 Å². The SMILES string of the molecule is COC(=O)CCC1=CC(=O)OCC1. The molecular formula is C9H12O4. The fraction of sp³-hybridized carbons (Fsp3) is 0.556. The van der Waals surface area contributed by atoms with Gasteiger partial charge in [-0.1, -0.05) is 5.57 Å². The van der Waals surface area contributed by atoms with E-state index in [0.29, 0.717) is 19.4 Å². The van der Waals surface area contributed by atoms with Crippen molar-refractivity contribution in [3.05, 3.63) is 11.6 Å². The fourth-order valence-electron chi connectivity index (χ4n) is 1.13. The zero-order chi connectivity index (χ0) is 9.68. The van der Waals surface area contributed by atoms with Gasteiger partial charge in [0.15, 0.2) is 0 Å². The molecule has 0 spiro atoms. The molecule has 0 aromatic carbocycles. The van der Waals surface area contributed by atoms with Crippen LogP contribution in [-0.2, 0) is 19.1 Å². The standard InChI is InChI=1S/C9H12O4/c1-12-8(10)3-2-7-4-5-13-9(11)6-7/h6H,2-5H2,1H3. The van der Waals surface area contributed by atoms with Crippen molar-refractivity contribution in [3.63, 3.8) is 0 Å². The molecule has 0 unspecified atom stereocenters. The van der Waals surface area contributed by atoms with E-state index in [1.54, 1.807) is 0 Å². The maximum absolute atomic E-state index is 10.8. The minimum atomic E-state index is -0.314. The van der Waals surface area contributed by atoms with Gasteiger partial charge in [-0.2, -0.15) is 0 Å². The van der Waals surface area contributed by atoms with Crippen molar-refractivity contribution in [2.24, 2.45) is 0 Å². The van der Waals surface area contributed by atoms with Gasteiger partial charge in [0.2, 0.25) is 0 Å². The van der Waals surface area contributed by atoms with E-state index in [-0.39, 0.29) is 11.9 Å². The number of hydrogen-bond acceptors (Lipinski definition) is 4. The third kappa shape index (κ3) is 3.27. The lowest BCUT2D eigenvalue weighted by molar-refractivity contribution is -0.141. The molecule has 0 fully saturated rings. The molecule has 0 radical (unpaired) electrons. The Kier molecular flexibility index (Phi) is 3.49. The Morgan fingerprint density at radius 3 is 3.08 bits per heavy atom. The van der Waals surface area contributed by atoms with Gasteiger partial charge in [-0.05, 0) is 6.42 Å². The molecular weight excluding hydrogens is 172 g/mol. The summed E-state index contributed by atoms with van der Waals surface area (Å²) in [5.41, 5.74) is 0.960. The first-order chi connectivity index (χ1) is 6.22. The minimum Gasteiger partial charge on any atom is -0.469 e. The maximum Gasteiger partial charge on any atom is 0.330 e. The molecule has 0 aromatic heterocycles. The Labute approximate surface area is 76.5 Å². The van der Waals surface area contributed by atoms with Crippen molar-refractivity contribution in [1.29, 1.82) is 0 Å². The minimum absolute atomic E-state index is 0.250. The van der Waals surface area contributed by atoms with Gasteiger partial charge in [0.25, 0.3) is 0 Å². The molecule has 0 bridgehead atoms. The first-order valence-electron chi connectivity index (χ1n) is 4.15. The lowest BCUT2D eigenvalue weighted by Gasteiger charge is -2.11. The molecule has 0 N–H and O–H groups in total. The van der Waals surface area contributed by atoms with Crippen LogP contribution in [0.2, 0.25) is 0 Å². The predicted molar refractivity (Wildman–Crippen MR) is 44.9 cm³/mol. The molecule has 1 aliphatic heterocycles. The Bertz CT molecular complexity index is 242. The summed E-state index contributed by atoms with van der Waals surface area (Å²) in [5.74, 6) is -0.564. The van der Waals surface area contributed by atoms with E-state index in [1.165, 1.54) is 13.2 Å². The van der Waals surface area contributed by atoms with Gasteiger partial charge in [0, 0.05) is 18.9 Å². The van der Waals surface area contributed by atoms with Gasteiger partial charge in [0.1, 0.15) is 0 Å². The molecule has 72 valence electrons. The van der Waals surface area contributed by atoms with Crippen molar-refractivity contribution < 1.29 is 19.1 Å². The van der Waals surface area contributed by atoms with Crippen LogP contribution >= 0.6 is 0 Å². The third-order valence-electron chi connectivity index (χ3n) is 1.87. The van der Waals surface area contributed by atoms with E-state index in [0.717, 1.165) is 12.0 Å². The van der Waals surface area contributed by atoms with Crippen molar-refractivity contribution in [3.8, 4) is 0 Å². The van der Waals surface area contributed by atoms with Crippen LogP contribution in [0.25, 0.3) is 0 Å². The maximum atomic E-state index is 10.8. The van der Waals surface area contributed by atoms with Crippen molar-refractivity contribution in [2.75, 3.05) is 13.7 Å². The largest absolute Gasteiger partial charge is 0.469 e. The molecule has 13 heavy (non-hydrogen) atoms. The second-order valence-electron chi connectivity index (χ2n) is 2.80. The molecule has 0 aliphatic carbocycles. The monoisotopic (exact) mass is 184 g/mol. The summed E-state index contributed by atoms with van der Waals surface area (Å²) in [6.45, 7) is 0.422. The Balaban J connectivity index is 2.36. The summed E-state index contributed by atoms with van der Waals surface area (Å²) >= 11 is 0. The van der Waals surface area contributed by atoms with E-state index in [1.807, 2.05) is 0 Å². The van der Waals surface area contributed by atoms with Gasteiger partial charge >= 0.3 is 11.9 Å². The van der Waals surface area contributed by atoms with Gasteiger partial charge in [-0.25, -0.2) is 4.79 Å². The summed E-state index contributed by atoms with van der Waals surface area (Å²) in [7, 11) is 1.35. The number of carbonyl (C=O) groups excluding carboxylic acids is 2. The Morgan fingerprint density at radius 2 is 2.46 bits per heavy atom. The molecule has 1 rings (SSSR count). The molecule has 1 aliphatic rings. The van der Waals surface area contributed by atoms with Crippen molar-refractivity contribution in [1.82, 2.24) is 0 Å². The Hall–Kier alpha value is -1.32. The summed E-state index contributed by atoms with van der Waals surface area (Å²) in [6.07, 6.45) is 3.09. The van der Waals surface area contributed by atoms with Crippen LogP contribution < -0.4 is 0 Å². The number of hydrogen-bond donors (Lipinski definition) is 0. The van der Waals surface area contributed by atoms with E-state index < -0.39 is 0 Å². The van der Waals surface area contributed by atoms with Crippen LogP contribution in [0.15, 0.2) is 11.6 Å². The predicted octanol–water partition coefficient (Wildman–Crippen LogP) is 0.813. The second kappa shape index (κ2) is 4.64. The van der Waals surface area contributed by atoms with Gasteiger partial charge in [-0.15, -0.1) is 0 Å². The smallest absolute Gasteiger partial charge is 0.330 e. The highest BCUT2D eigenvalue weighted by Gasteiger charge is 2.11. The lowest BCUT2D eigenvalue weighted by Crippen LogP contribution is -2.11. The van der Waals surface area contributed by atoms with Crippen molar-refractivity contribution in [2.45, 2.75) is 19.3 Å². The zero-order valence-corrected chi connectivity index (χ0v) is 7.54. The van der Waals surface area contributed by atoms with Crippen molar-refractivity contribution >= 4 is 11.9 Å². The van der Waals surface area contributed by atoms with Crippen LogP contribution in [0.4, 0.5) is 0 Å². The van der Waals surface area contributed by atoms with Crippen LogP contribution in [0.1, 0.15) is 19.3 Å². The number of esters is 2. The molecule has 0 amide bonds. The normalized spacial score (nSPS) is 16.1. The molecule has 4 heteroatoms. The number of methoxy groups -OCH3 is 1. The summed E-state index contributed by atoms with van der Waals surface area (Å²) < 4.78 is 9.20. The molecule has 0 aromatic rings. The van der Waals surface area contributed by atoms with Crippen LogP contribution in [0.5, 0.6) is 0 Å². The average Bonchev–Trinajstić information content (AvgIpc) is 2.14. The topological polar surface area (TPSA) is 52.6 Å². The number of carbonyl (C=O) groups is 2. The summed E-state index contributed by atoms with van der Waals surface area (Å²) in [4.78, 5) is 21.5. The van der Waals surface area contributed by atoms with Gasteiger partial charge < -0.3 is 9.47 Å². The van der Waals surface area contributed by atoms with E-state index >= 15 is 0 Å². The molecule has 0 saturated heterocycles. The molecule has 4 nitrogen and oxygen atoms in total. The van der Waals surface area contributed by atoms with E-state index in [9.17, 15) is 9.59 Å². The lowest BCUT2D eigenvalue weighted by atomic mass is 10.1. The number of cyclic esters (lactones) is 1. The van der Waals surface area contributed by atoms with Crippen LogP contribution in [0.3, 0.4) is 0 Å². The molecule has 0 atom stereocenters. The number of rotatable bonds is 3. The number of ether oxygens (including phenoxy) is 2. The van der Waals surface area contributed by atoms with Gasteiger partial charge in [-0.3, -0.25) is 4.79 Å². The Morgan fingerprint density at radius 1 is 1.69 bits per heavy atom. The van der Waals surface area contributed by atoms with E-state index in [4.69, 9.17) is 4.74 Å². The van der Waals surface area contributed by atoms with Crippen LogP contribution in [0, 0.1) is 0 Å².